The maximum absolute atomic E-state index is 12.2. The van der Waals surface area contributed by atoms with Crippen molar-refractivity contribution in [1.29, 1.82) is 0 Å². The van der Waals surface area contributed by atoms with Gasteiger partial charge in [0.1, 0.15) is 0 Å². The van der Waals surface area contributed by atoms with Gasteiger partial charge in [-0.1, -0.05) is 29.3 Å². The number of hydrogen-bond acceptors (Lipinski definition) is 2. The standard InChI is InChI=1S/C14H9BrCl2N2O2/c15-10-3-1-2-9(12(10)17)14(21)19-7-4-5-8(13(18)20)11(16)6-7/h1-6H,(H2,18,20)(H,19,21). The van der Waals surface area contributed by atoms with E-state index in [-0.39, 0.29) is 16.5 Å². The number of anilines is 1. The molecule has 0 saturated carbocycles. The highest BCUT2D eigenvalue weighted by Gasteiger charge is 2.14. The second kappa shape index (κ2) is 6.47. The van der Waals surface area contributed by atoms with Crippen LogP contribution in [0.4, 0.5) is 5.69 Å². The third-order valence-electron chi connectivity index (χ3n) is 2.69. The molecule has 0 spiro atoms. The van der Waals surface area contributed by atoms with Crippen LogP contribution in [0.5, 0.6) is 0 Å². The smallest absolute Gasteiger partial charge is 0.257 e. The first kappa shape index (κ1) is 15.8. The number of carbonyl (C=O) groups is 2. The van der Waals surface area contributed by atoms with Crippen molar-refractivity contribution in [3.8, 4) is 0 Å². The Balaban J connectivity index is 2.26. The van der Waals surface area contributed by atoms with E-state index in [0.717, 1.165) is 0 Å². The van der Waals surface area contributed by atoms with Gasteiger partial charge in [0.2, 0.25) is 5.91 Å². The summed E-state index contributed by atoms with van der Waals surface area (Å²) in [6.07, 6.45) is 0. The molecule has 3 N–H and O–H groups in total. The Morgan fingerprint density at radius 3 is 2.43 bits per heavy atom. The second-order valence-corrected chi connectivity index (χ2v) is 5.75. The van der Waals surface area contributed by atoms with Crippen LogP contribution in [0.25, 0.3) is 0 Å². The zero-order valence-electron chi connectivity index (χ0n) is 10.5. The van der Waals surface area contributed by atoms with Crippen molar-refractivity contribution < 1.29 is 9.59 Å². The highest BCUT2D eigenvalue weighted by atomic mass is 79.9. The Labute approximate surface area is 139 Å². The van der Waals surface area contributed by atoms with E-state index in [0.29, 0.717) is 20.7 Å². The molecule has 108 valence electrons. The van der Waals surface area contributed by atoms with Gasteiger partial charge in [-0.2, -0.15) is 0 Å². The van der Waals surface area contributed by atoms with E-state index >= 15 is 0 Å². The highest BCUT2D eigenvalue weighted by Crippen LogP contribution is 2.27. The number of amides is 2. The summed E-state index contributed by atoms with van der Waals surface area (Å²) in [6, 6.07) is 9.47. The van der Waals surface area contributed by atoms with Gasteiger partial charge in [-0.05, 0) is 46.3 Å². The Morgan fingerprint density at radius 2 is 1.81 bits per heavy atom. The first-order chi connectivity index (χ1) is 9.90. The number of hydrogen-bond donors (Lipinski definition) is 2. The molecule has 2 aromatic carbocycles. The second-order valence-electron chi connectivity index (χ2n) is 4.11. The number of carbonyl (C=O) groups excluding carboxylic acids is 2. The summed E-state index contributed by atoms with van der Waals surface area (Å²) in [4.78, 5) is 23.3. The Morgan fingerprint density at radius 1 is 1.10 bits per heavy atom. The van der Waals surface area contributed by atoms with Gasteiger partial charge < -0.3 is 11.1 Å². The molecule has 2 amide bonds. The number of primary amides is 1. The van der Waals surface area contributed by atoms with Crippen molar-refractivity contribution in [1.82, 2.24) is 0 Å². The van der Waals surface area contributed by atoms with Gasteiger partial charge in [-0.25, -0.2) is 0 Å². The average Bonchev–Trinajstić information content (AvgIpc) is 2.41. The van der Waals surface area contributed by atoms with E-state index in [9.17, 15) is 9.59 Å². The van der Waals surface area contributed by atoms with E-state index < -0.39 is 5.91 Å². The Kier molecular flexibility index (Phi) is 4.88. The van der Waals surface area contributed by atoms with Crippen molar-refractivity contribution >= 4 is 56.6 Å². The first-order valence-corrected chi connectivity index (χ1v) is 7.29. The van der Waals surface area contributed by atoms with Crippen LogP contribution in [0.3, 0.4) is 0 Å². The fraction of sp³-hybridized carbons (Fsp3) is 0. The normalized spacial score (nSPS) is 10.2. The summed E-state index contributed by atoms with van der Waals surface area (Å²) in [5.41, 5.74) is 6.11. The summed E-state index contributed by atoms with van der Waals surface area (Å²) in [6.45, 7) is 0. The van der Waals surface area contributed by atoms with E-state index in [1.165, 1.54) is 18.2 Å². The molecule has 4 nitrogen and oxygen atoms in total. The predicted molar refractivity (Wildman–Crippen MR) is 87.1 cm³/mol. The van der Waals surface area contributed by atoms with Crippen LogP contribution in [-0.4, -0.2) is 11.8 Å². The lowest BCUT2D eigenvalue weighted by Crippen LogP contribution is -2.14. The molecule has 0 aliphatic heterocycles. The molecule has 2 aromatic rings. The summed E-state index contributed by atoms with van der Waals surface area (Å²) >= 11 is 15.2. The summed E-state index contributed by atoms with van der Waals surface area (Å²) in [5, 5.41) is 3.13. The van der Waals surface area contributed by atoms with Gasteiger partial charge in [-0.3, -0.25) is 9.59 Å². The molecule has 0 atom stereocenters. The largest absolute Gasteiger partial charge is 0.366 e. The minimum absolute atomic E-state index is 0.167. The lowest BCUT2D eigenvalue weighted by atomic mass is 10.1. The van der Waals surface area contributed by atoms with Crippen LogP contribution >= 0.6 is 39.1 Å². The topological polar surface area (TPSA) is 72.2 Å². The van der Waals surface area contributed by atoms with Crippen LogP contribution in [0.2, 0.25) is 10.0 Å². The summed E-state index contributed by atoms with van der Waals surface area (Å²) in [5.74, 6) is -1.02. The van der Waals surface area contributed by atoms with Crippen LogP contribution in [0, 0.1) is 0 Å². The number of halogens is 3. The number of rotatable bonds is 3. The molecule has 0 fully saturated rings. The van der Waals surface area contributed by atoms with Crippen LogP contribution in [0.15, 0.2) is 40.9 Å². The minimum atomic E-state index is -0.632. The van der Waals surface area contributed by atoms with Gasteiger partial charge in [0.05, 0.1) is 21.2 Å². The molecule has 0 heterocycles. The first-order valence-electron chi connectivity index (χ1n) is 5.75. The third-order valence-corrected chi connectivity index (χ3v) is 4.30. The highest BCUT2D eigenvalue weighted by molar-refractivity contribution is 9.10. The van der Waals surface area contributed by atoms with Crippen molar-refractivity contribution in [3.63, 3.8) is 0 Å². The molecule has 0 aromatic heterocycles. The molecular formula is C14H9BrCl2N2O2. The maximum atomic E-state index is 12.2. The van der Waals surface area contributed by atoms with E-state index in [1.807, 2.05) is 0 Å². The molecule has 0 aliphatic rings. The van der Waals surface area contributed by atoms with Crippen molar-refractivity contribution in [3.05, 3.63) is 62.0 Å². The average molecular weight is 388 g/mol. The van der Waals surface area contributed by atoms with Crippen molar-refractivity contribution in [2.24, 2.45) is 5.73 Å². The zero-order valence-corrected chi connectivity index (χ0v) is 13.6. The molecule has 7 heteroatoms. The summed E-state index contributed by atoms with van der Waals surface area (Å²) < 4.78 is 0.624. The van der Waals surface area contributed by atoms with Crippen molar-refractivity contribution in [2.75, 3.05) is 5.32 Å². The third kappa shape index (κ3) is 3.56. The maximum Gasteiger partial charge on any atom is 0.257 e. The van der Waals surface area contributed by atoms with Gasteiger partial charge in [0, 0.05) is 10.2 Å². The molecular weight excluding hydrogens is 379 g/mol. The monoisotopic (exact) mass is 386 g/mol. The lowest BCUT2D eigenvalue weighted by Gasteiger charge is -2.09. The van der Waals surface area contributed by atoms with Crippen LogP contribution < -0.4 is 11.1 Å². The predicted octanol–water partition coefficient (Wildman–Crippen LogP) is 4.11. The molecule has 0 bridgehead atoms. The van der Waals surface area contributed by atoms with Gasteiger partial charge >= 0.3 is 0 Å². The molecule has 0 saturated heterocycles. The number of nitrogens with one attached hydrogen (secondary N) is 1. The number of benzene rings is 2. The molecule has 0 radical (unpaired) electrons. The van der Waals surface area contributed by atoms with E-state index in [4.69, 9.17) is 28.9 Å². The van der Waals surface area contributed by atoms with E-state index in [2.05, 4.69) is 21.2 Å². The molecule has 0 unspecified atom stereocenters. The van der Waals surface area contributed by atoms with Gasteiger partial charge in [0.15, 0.2) is 0 Å². The van der Waals surface area contributed by atoms with Gasteiger partial charge in [-0.15, -0.1) is 0 Å². The quantitative estimate of drug-likeness (QED) is 0.831. The zero-order chi connectivity index (χ0) is 15.6. The fourth-order valence-corrected chi connectivity index (χ4v) is 2.52. The fourth-order valence-electron chi connectivity index (χ4n) is 1.67. The Hall–Kier alpha value is -1.56. The number of nitrogens with two attached hydrogens (primary N) is 1. The van der Waals surface area contributed by atoms with Crippen LogP contribution in [0.1, 0.15) is 20.7 Å². The Bertz CT molecular complexity index is 735. The lowest BCUT2D eigenvalue weighted by molar-refractivity contribution is 0.0998. The minimum Gasteiger partial charge on any atom is -0.366 e. The molecule has 21 heavy (non-hydrogen) atoms. The summed E-state index contributed by atoms with van der Waals surface area (Å²) in [7, 11) is 0. The van der Waals surface area contributed by atoms with Crippen LogP contribution in [-0.2, 0) is 0 Å². The van der Waals surface area contributed by atoms with Crippen molar-refractivity contribution in [2.45, 2.75) is 0 Å². The molecule has 0 aliphatic carbocycles. The SMILES string of the molecule is NC(=O)c1ccc(NC(=O)c2cccc(Br)c2Cl)cc1Cl. The van der Waals surface area contributed by atoms with E-state index in [1.54, 1.807) is 18.2 Å². The van der Waals surface area contributed by atoms with Gasteiger partial charge in [0.25, 0.3) is 5.91 Å². The molecule has 2 rings (SSSR count).